The third-order valence-corrected chi connectivity index (χ3v) is 10.8. The third-order valence-electron chi connectivity index (χ3n) is 10.8. The summed E-state index contributed by atoms with van der Waals surface area (Å²) in [5.41, 5.74) is 17.9. The van der Waals surface area contributed by atoms with Gasteiger partial charge in [0, 0.05) is 53.5 Å². The van der Waals surface area contributed by atoms with E-state index in [-0.39, 0.29) is 37.1 Å². The second-order valence-corrected chi connectivity index (χ2v) is 16.2. The zero-order valence-corrected chi connectivity index (χ0v) is 31.6. The third kappa shape index (κ3) is 8.29. The van der Waals surface area contributed by atoms with E-state index in [1.54, 1.807) is 0 Å². The second-order valence-electron chi connectivity index (χ2n) is 16.2. The normalized spacial score (nSPS) is 24.3. The van der Waals surface area contributed by atoms with Crippen LogP contribution in [0.25, 0.3) is 42.4 Å². The van der Waals surface area contributed by atoms with Crippen LogP contribution in [0.2, 0.25) is 0 Å². The van der Waals surface area contributed by atoms with E-state index < -0.39 is 29.4 Å². The monoisotopic (exact) mass is 718 g/mol. The van der Waals surface area contributed by atoms with Gasteiger partial charge in [0.05, 0.1) is 19.3 Å². The van der Waals surface area contributed by atoms with Crippen LogP contribution in [0, 0.1) is 0 Å². The highest BCUT2D eigenvalue weighted by Gasteiger charge is 2.57. The number of esters is 1. The molecule has 53 heavy (non-hydrogen) atoms. The van der Waals surface area contributed by atoms with Gasteiger partial charge >= 0.3 is 5.97 Å². The Morgan fingerprint density at radius 2 is 1.17 bits per heavy atom. The van der Waals surface area contributed by atoms with Crippen LogP contribution >= 0.6 is 0 Å². The van der Waals surface area contributed by atoms with Crippen LogP contribution in [0.5, 0.6) is 0 Å². The highest BCUT2D eigenvalue weighted by molar-refractivity contribution is 5.84. The lowest BCUT2D eigenvalue weighted by atomic mass is 9.83. The highest BCUT2D eigenvalue weighted by Crippen LogP contribution is 2.40. The van der Waals surface area contributed by atoms with Crippen LogP contribution in [-0.2, 0) is 32.2 Å². The fourth-order valence-electron chi connectivity index (χ4n) is 7.49. The molecule has 12 nitrogen and oxygen atoms in total. The number of ether oxygens (including phenoxy) is 3. The lowest BCUT2D eigenvalue weighted by Crippen LogP contribution is -2.66. The Morgan fingerprint density at radius 1 is 0.698 bits per heavy atom. The van der Waals surface area contributed by atoms with E-state index in [0.717, 1.165) is 32.7 Å². The number of piperidine rings is 2. The van der Waals surface area contributed by atoms with Gasteiger partial charge in [-0.15, -0.1) is 0 Å². The van der Waals surface area contributed by atoms with E-state index in [1.165, 1.54) is 0 Å². The molecule has 2 aliphatic heterocycles. The average Bonchev–Trinajstić information content (AvgIpc) is 3.13. The van der Waals surface area contributed by atoms with Crippen molar-refractivity contribution in [3.05, 3.63) is 117 Å². The summed E-state index contributed by atoms with van der Waals surface area (Å²) in [6.07, 6.45) is -1.35. The summed E-state index contributed by atoms with van der Waals surface area (Å²) < 4.78 is 19.6. The molecule has 0 radical (unpaired) electrons. The minimum Gasteiger partial charge on any atom is -0.449 e. The molecule has 0 aliphatic carbocycles. The molecular formula is C41H50N8O4. The van der Waals surface area contributed by atoms with E-state index in [4.69, 9.17) is 14.2 Å². The Bertz CT molecular complexity index is 2050. The van der Waals surface area contributed by atoms with Crippen molar-refractivity contribution in [2.75, 3.05) is 26.2 Å². The quantitative estimate of drug-likeness (QED) is 0.0691. The Labute approximate surface area is 311 Å². The van der Waals surface area contributed by atoms with Crippen LogP contribution in [0.3, 0.4) is 0 Å². The van der Waals surface area contributed by atoms with Crippen LogP contribution in [0.15, 0.2) is 95.2 Å². The summed E-state index contributed by atoms with van der Waals surface area (Å²) in [7, 11) is 0. The van der Waals surface area contributed by atoms with Crippen molar-refractivity contribution >= 4 is 27.5 Å². The van der Waals surface area contributed by atoms with E-state index in [0.29, 0.717) is 26.2 Å². The summed E-state index contributed by atoms with van der Waals surface area (Å²) >= 11 is 0. The van der Waals surface area contributed by atoms with Crippen molar-refractivity contribution in [2.45, 2.75) is 102 Å². The van der Waals surface area contributed by atoms with Gasteiger partial charge in [0.15, 0.2) is 5.54 Å². The fourth-order valence-corrected chi connectivity index (χ4v) is 7.49. The lowest BCUT2D eigenvalue weighted by molar-refractivity contribution is -0.210. The molecule has 4 aromatic rings. The smallest absolute Gasteiger partial charge is 0.321 e. The number of benzene rings is 4. The number of rotatable bonds is 10. The molecular weight excluding hydrogens is 669 g/mol. The SMILES string of the molecule is CC(C)(C)N1CCC(N=[N+]=[N-])(OC(=O)C2(N=[N+]=[N-])CCN(C(C)(C)C)CC2OCc2ccc3ccccc3c2)C(OCc2ccc3ccccc3c2)C1. The van der Waals surface area contributed by atoms with Crippen molar-refractivity contribution in [3.8, 4) is 0 Å². The molecule has 4 atom stereocenters. The van der Waals surface area contributed by atoms with Crippen molar-refractivity contribution in [2.24, 2.45) is 10.2 Å². The van der Waals surface area contributed by atoms with E-state index >= 15 is 0 Å². The van der Waals surface area contributed by atoms with Gasteiger partial charge in [-0.05, 0) is 109 Å². The van der Waals surface area contributed by atoms with E-state index in [2.05, 4.69) is 95.7 Å². The molecule has 0 amide bonds. The number of carbonyl (C=O) groups is 1. The highest BCUT2D eigenvalue weighted by atomic mass is 16.6. The van der Waals surface area contributed by atoms with Gasteiger partial charge in [-0.25, -0.2) is 0 Å². The Hall–Kier alpha value is -4.67. The average molecular weight is 719 g/mol. The molecule has 2 saturated heterocycles. The molecule has 0 spiro atoms. The topological polar surface area (TPSA) is 149 Å². The zero-order valence-electron chi connectivity index (χ0n) is 31.6. The molecule has 4 unspecified atom stereocenters. The Balaban J connectivity index is 1.32. The fraction of sp³-hybridized carbons (Fsp3) is 0.488. The minimum absolute atomic E-state index is 0.151. The molecule has 0 N–H and O–H groups in total. The largest absolute Gasteiger partial charge is 0.449 e. The first kappa shape index (κ1) is 38.1. The Morgan fingerprint density at radius 3 is 1.68 bits per heavy atom. The van der Waals surface area contributed by atoms with Gasteiger partial charge in [0.2, 0.25) is 5.72 Å². The number of azide groups is 2. The van der Waals surface area contributed by atoms with Crippen LogP contribution in [0.4, 0.5) is 0 Å². The molecule has 278 valence electrons. The summed E-state index contributed by atoms with van der Waals surface area (Å²) in [6, 6.07) is 28.4. The summed E-state index contributed by atoms with van der Waals surface area (Å²) in [6.45, 7) is 14.6. The summed E-state index contributed by atoms with van der Waals surface area (Å²) in [5, 5.41) is 12.8. The molecule has 12 heteroatoms. The zero-order chi connectivity index (χ0) is 37.9. The molecule has 0 aromatic heterocycles. The first-order valence-electron chi connectivity index (χ1n) is 18.3. The van der Waals surface area contributed by atoms with Crippen molar-refractivity contribution < 1.29 is 19.0 Å². The predicted octanol–water partition coefficient (Wildman–Crippen LogP) is 9.07. The maximum Gasteiger partial charge on any atom is 0.321 e. The van der Waals surface area contributed by atoms with Gasteiger partial charge in [-0.2, -0.15) is 0 Å². The molecule has 0 saturated carbocycles. The number of carbonyl (C=O) groups excluding carboxylic acids is 1. The second kappa shape index (κ2) is 15.4. The van der Waals surface area contributed by atoms with Gasteiger partial charge in [0.1, 0.15) is 6.10 Å². The molecule has 2 aliphatic rings. The van der Waals surface area contributed by atoms with Crippen molar-refractivity contribution in [1.82, 2.24) is 9.80 Å². The minimum atomic E-state index is -1.73. The first-order chi connectivity index (χ1) is 25.3. The number of hydrogen-bond donors (Lipinski definition) is 0. The Kier molecular flexibility index (Phi) is 11.0. The van der Waals surface area contributed by atoms with Crippen LogP contribution in [-0.4, -0.2) is 76.5 Å². The lowest BCUT2D eigenvalue weighted by Gasteiger charge is -2.51. The number of hydrogen-bond acceptors (Lipinski definition) is 8. The van der Waals surface area contributed by atoms with Gasteiger partial charge < -0.3 is 14.2 Å². The van der Waals surface area contributed by atoms with Crippen molar-refractivity contribution in [1.29, 1.82) is 0 Å². The van der Waals surface area contributed by atoms with Gasteiger partial charge in [-0.1, -0.05) is 77.9 Å². The van der Waals surface area contributed by atoms with Crippen molar-refractivity contribution in [3.63, 3.8) is 0 Å². The summed E-state index contributed by atoms with van der Waals surface area (Å²) in [5.74, 6) is -0.789. The predicted molar refractivity (Wildman–Crippen MR) is 207 cm³/mol. The standard InChI is InChI=1S/C41H50N8O4/c1-38(2,3)48-21-19-40(44-46-42,35(25-48)51-27-29-15-17-31-11-7-9-13-33(31)23-29)37(50)53-41(45-47-43)20-22-49(39(4,5)6)26-36(41)52-28-30-16-18-32-12-8-10-14-34(32)24-30/h7-18,23-24,35-36H,19-22,25-28H2,1-6H3. The number of likely N-dealkylation sites (tertiary alicyclic amines) is 2. The first-order valence-corrected chi connectivity index (χ1v) is 18.3. The molecule has 2 heterocycles. The number of nitrogens with zero attached hydrogens (tertiary/aromatic N) is 8. The van der Waals surface area contributed by atoms with E-state index in [1.807, 2.05) is 60.7 Å². The van der Waals surface area contributed by atoms with Gasteiger partial charge in [0.25, 0.3) is 0 Å². The van der Waals surface area contributed by atoms with E-state index in [9.17, 15) is 15.9 Å². The molecule has 0 bridgehead atoms. The maximum atomic E-state index is 14.8. The maximum absolute atomic E-state index is 14.8. The molecule has 6 rings (SSSR count). The summed E-state index contributed by atoms with van der Waals surface area (Å²) in [4.78, 5) is 25.7. The van der Waals surface area contributed by atoms with Gasteiger partial charge in [-0.3, -0.25) is 14.6 Å². The van der Waals surface area contributed by atoms with Crippen LogP contribution in [0.1, 0.15) is 65.5 Å². The molecule has 4 aromatic carbocycles. The number of fused-ring (bicyclic) bond motifs is 2. The van der Waals surface area contributed by atoms with Crippen LogP contribution < -0.4 is 0 Å². The molecule has 2 fully saturated rings.